The van der Waals surface area contributed by atoms with Gasteiger partial charge in [0, 0.05) is 6.07 Å². The van der Waals surface area contributed by atoms with Crippen molar-refractivity contribution >= 4 is 6.29 Å². The number of hydrogen-bond acceptors (Lipinski definition) is 6. The zero-order chi connectivity index (χ0) is 13.7. The van der Waals surface area contributed by atoms with Crippen molar-refractivity contribution in [2.45, 2.75) is 12.6 Å². The number of ether oxygens (including phenoxy) is 1. The Balaban J connectivity index is 1.88. The van der Waals surface area contributed by atoms with E-state index in [1.165, 1.54) is 23.1 Å². The minimum atomic E-state index is -0.836. The van der Waals surface area contributed by atoms with Crippen molar-refractivity contribution in [1.82, 2.24) is 20.2 Å². The van der Waals surface area contributed by atoms with Gasteiger partial charge in [-0.1, -0.05) is 0 Å². The maximum absolute atomic E-state index is 13.3. The summed E-state index contributed by atoms with van der Waals surface area (Å²) in [5.74, 6) is -0.429. The molecule has 0 aliphatic heterocycles. The van der Waals surface area contributed by atoms with E-state index in [2.05, 4.69) is 15.5 Å². The van der Waals surface area contributed by atoms with E-state index < -0.39 is 11.9 Å². The van der Waals surface area contributed by atoms with Crippen LogP contribution >= 0.6 is 0 Å². The van der Waals surface area contributed by atoms with Gasteiger partial charge in [0.2, 0.25) is 0 Å². The molecule has 1 aromatic heterocycles. The van der Waals surface area contributed by atoms with Crippen LogP contribution in [0.1, 0.15) is 10.4 Å². The molecule has 0 spiro atoms. The second-order valence-electron chi connectivity index (χ2n) is 3.80. The number of carbonyl (C=O) groups excluding carboxylic acids is 1. The van der Waals surface area contributed by atoms with Gasteiger partial charge in [-0.25, -0.2) is 9.07 Å². The first-order valence-corrected chi connectivity index (χ1v) is 5.45. The van der Waals surface area contributed by atoms with Crippen molar-refractivity contribution in [3.05, 3.63) is 35.9 Å². The Morgan fingerprint density at radius 1 is 1.53 bits per heavy atom. The molecule has 1 heterocycles. The van der Waals surface area contributed by atoms with Crippen molar-refractivity contribution in [3.63, 3.8) is 0 Å². The lowest BCUT2D eigenvalue weighted by Gasteiger charge is -2.12. The molecule has 0 saturated carbocycles. The number of nitrogens with zero attached hydrogens (tertiary/aromatic N) is 4. The van der Waals surface area contributed by atoms with E-state index in [-0.39, 0.29) is 24.5 Å². The Morgan fingerprint density at radius 3 is 3.00 bits per heavy atom. The molecule has 0 aliphatic carbocycles. The molecule has 0 fully saturated rings. The summed E-state index contributed by atoms with van der Waals surface area (Å²) in [4.78, 5) is 10.4. The Morgan fingerprint density at radius 2 is 2.37 bits per heavy atom. The van der Waals surface area contributed by atoms with Crippen LogP contribution in [0.5, 0.6) is 5.75 Å². The zero-order valence-corrected chi connectivity index (χ0v) is 9.81. The van der Waals surface area contributed by atoms with E-state index in [0.717, 1.165) is 6.07 Å². The lowest BCUT2D eigenvalue weighted by molar-refractivity contribution is 0.0885. The van der Waals surface area contributed by atoms with Gasteiger partial charge in [-0.2, -0.15) is 0 Å². The minimum Gasteiger partial charge on any atom is -0.491 e. The molecule has 1 aromatic carbocycles. The third-order valence-corrected chi connectivity index (χ3v) is 2.33. The summed E-state index contributed by atoms with van der Waals surface area (Å²) in [6.07, 6.45) is 0.949. The monoisotopic (exact) mass is 266 g/mol. The second-order valence-corrected chi connectivity index (χ2v) is 3.80. The van der Waals surface area contributed by atoms with Gasteiger partial charge in [-0.05, 0) is 22.6 Å². The molecule has 0 aliphatic rings. The number of aromatic nitrogens is 4. The molecule has 8 heteroatoms. The number of benzene rings is 1. The third-order valence-electron chi connectivity index (χ3n) is 2.33. The number of aliphatic hydroxyl groups excluding tert-OH is 1. The molecule has 2 rings (SSSR count). The first-order chi connectivity index (χ1) is 9.19. The van der Waals surface area contributed by atoms with Gasteiger partial charge in [-0.15, -0.1) is 5.10 Å². The molecular weight excluding hydrogens is 255 g/mol. The van der Waals surface area contributed by atoms with Crippen LogP contribution in [0.15, 0.2) is 24.5 Å². The van der Waals surface area contributed by atoms with E-state index in [1.54, 1.807) is 0 Å². The van der Waals surface area contributed by atoms with Crippen molar-refractivity contribution in [3.8, 4) is 5.75 Å². The van der Waals surface area contributed by atoms with Gasteiger partial charge in [0.1, 0.15) is 30.6 Å². The fourth-order valence-electron chi connectivity index (χ4n) is 1.42. The summed E-state index contributed by atoms with van der Waals surface area (Å²) in [6, 6.07) is 3.86. The Hall–Kier alpha value is -2.35. The summed E-state index contributed by atoms with van der Waals surface area (Å²) in [5, 5.41) is 20.1. The van der Waals surface area contributed by atoms with Crippen LogP contribution in [0.4, 0.5) is 4.39 Å². The average Bonchev–Trinajstić information content (AvgIpc) is 2.89. The van der Waals surface area contributed by atoms with Crippen LogP contribution in [0.25, 0.3) is 0 Å². The molecule has 1 N–H and O–H groups in total. The van der Waals surface area contributed by atoms with Gasteiger partial charge < -0.3 is 9.84 Å². The summed E-state index contributed by atoms with van der Waals surface area (Å²) in [5.41, 5.74) is -0.0402. The molecule has 2 aromatic rings. The van der Waals surface area contributed by atoms with Crippen molar-refractivity contribution in [1.29, 1.82) is 0 Å². The highest BCUT2D eigenvalue weighted by molar-refractivity contribution is 5.75. The quantitative estimate of drug-likeness (QED) is 0.744. The highest BCUT2D eigenvalue weighted by atomic mass is 19.1. The Kier molecular flexibility index (Phi) is 4.14. The van der Waals surface area contributed by atoms with Gasteiger partial charge in [0.15, 0.2) is 6.29 Å². The molecule has 1 atom stereocenters. The maximum Gasteiger partial charge on any atom is 0.152 e. The number of rotatable bonds is 6. The van der Waals surface area contributed by atoms with Crippen molar-refractivity contribution in [2.24, 2.45) is 0 Å². The van der Waals surface area contributed by atoms with Crippen LogP contribution < -0.4 is 4.74 Å². The molecule has 0 bridgehead atoms. The number of aldehydes is 1. The highest BCUT2D eigenvalue weighted by Gasteiger charge is 2.09. The van der Waals surface area contributed by atoms with E-state index in [9.17, 15) is 14.3 Å². The predicted molar refractivity (Wildman–Crippen MR) is 61.1 cm³/mol. The maximum atomic E-state index is 13.3. The molecule has 0 radical (unpaired) electrons. The number of hydrogen-bond donors (Lipinski definition) is 1. The normalized spacial score (nSPS) is 12.1. The molecule has 0 amide bonds. The average molecular weight is 266 g/mol. The van der Waals surface area contributed by atoms with Crippen LogP contribution in [-0.4, -0.2) is 44.3 Å². The topological polar surface area (TPSA) is 90.1 Å². The standard InChI is InChI=1S/C11H11FN4O3/c12-11-3-10(2-1-8(11)5-17)19-6-9(18)4-16-7-13-14-15-16/h1-3,5,7,9,18H,4,6H2/t9-/m1/s1. The predicted octanol–water partition coefficient (Wildman–Crippen LogP) is 0.0646. The van der Waals surface area contributed by atoms with Crippen LogP contribution in [0.2, 0.25) is 0 Å². The molecule has 0 saturated heterocycles. The fourth-order valence-corrected chi connectivity index (χ4v) is 1.42. The Labute approximate surface area is 107 Å². The first-order valence-electron chi connectivity index (χ1n) is 5.45. The van der Waals surface area contributed by atoms with E-state index in [4.69, 9.17) is 4.74 Å². The minimum absolute atomic E-state index is 0.0402. The summed E-state index contributed by atoms with van der Waals surface area (Å²) in [7, 11) is 0. The summed E-state index contributed by atoms with van der Waals surface area (Å²) in [6.45, 7) is 0.127. The largest absolute Gasteiger partial charge is 0.491 e. The van der Waals surface area contributed by atoms with E-state index >= 15 is 0 Å². The van der Waals surface area contributed by atoms with Gasteiger partial charge in [-0.3, -0.25) is 4.79 Å². The number of halogens is 1. The highest BCUT2D eigenvalue weighted by Crippen LogP contribution is 2.15. The van der Waals surface area contributed by atoms with Crippen LogP contribution in [0, 0.1) is 5.82 Å². The smallest absolute Gasteiger partial charge is 0.152 e. The van der Waals surface area contributed by atoms with E-state index in [1.807, 2.05) is 0 Å². The fraction of sp³-hybridized carbons (Fsp3) is 0.273. The van der Waals surface area contributed by atoms with Crippen molar-refractivity contribution < 1.29 is 19.0 Å². The molecule has 7 nitrogen and oxygen atoms in total. The zero-order valence-electron chi connectivity index (χ0n) is 9.81. The Bertz CT molecular complexity index is 547. The first kappa shape index (κ1) is 13.1. The number of aliphatic hydroxyl groups is 1. The van der Waals surface area contributed by atoms with Crippen LogP contribution in [0.3, 0.4) is 0 Å². The third kappa shape index (κ3) is 3.55. The van der Waals surface area contributed by atoms with Gasteiger partial charge in [0.05, 0.1) is 12.1 Å². The number of tetrazole rings is 1. The molecule has 19 heavy (non-hydrogen) atoms. The molecular formula is C11H11FN4O3. The summed E-state index contributed by atoms with van der Waals surface area (Å²) < 4.78 is 19.8. The lowest BCUT2D eigenvalue weighted by atomic mass is 10.2. The molecule has 0 unspecified atom stereocenters. The second kappa shape index (κ2) is 6.01. The van der Waals surface area contributed by atoms with Gasteiger partial charge in [0.25, 0.3) is 0 Å². The van der Waals surface area contributed by atoms with Gasteiger partial charge >= 0.3 is 0 Å². The van der Waals surface area contributed by atoms with Crippen LogP contribution in [-0.2, 0) is 6.54 Å². The SMILES string of the molecule is O=Cc1ccc(OC[C@H](O)Cn2cnnn2)cc1F. The number of carbonyl (C=O) groups is 1. The lowest BCUT2D eigenvalue weighted by Crippen LogP contribution is -2.24. The molecule has 100 valence electrons. The van der Waals surface area contributed by atoms with Crippen molar-refractivity contribution in [2.75, 3.05) is 6.61 Å². The van der Waals surface area contributed by atoms with E-state index in [0.29, 0.717) is 6.29 Å². The summed E-state index contributed by atoms with van der Waals surface area (Å²) >= 11 is 0.